The molecule has 1 aromatic carbocycles. The number of benzene rings is 1. The number of hydrogen-bond acceptors (Lipinski definition) is 2. The van der Waals surface area contributed by atoms with Crippen molar-refractivity contribution in [1.82, 2.24) is 5.32 Å². The van der Waals surface area contributed by atoms with Crippen LogP contribution in [-0.2, 0) is 11.2 Å². The molecule has 16 heavy (non-hydrogen) atoms. The van der Waals surface area contributed by atoms with Crippen LogP contribution in [0.2, 0.25) is 0 Å². The summed E-state index contributed by atoms with van der Waals surface area (Å²) in [4.78, 5) is 11.5. The molecule has 0 aliphatic carbocycles. The first-order chi connectivity index (χ1) is 7.63. The smallest absolute Gasteiger partial charge is 0.222 e. The van der Waals surface area contributed by atoms with Gasteiger partial charge in [-0.05, 0) is 30.5 Å². The van der Waals surface area contributed by atoms with Gasteiger partial charge in [0.15, 0.2) is 0 Å². The highest BCUT2D eigenvalue weighted by molar-refractivity contribution is 5.78. The summed E-state index contributed by atoms with van der Waals surface area (Å²) in [6.45, 7) is 4.58. The van der Waals surface area contributed by atoms with E-state index in [1.165, 1.54) is 0 Å². The third-order valence-corrected chi connectivity index (χ3v) is 2.71. The molecule has 1 unspecified atom stereocenters. The summed E-state index contributed by atoms with van der Waals surface area (Å²) in [6.07, 6.45) is 1.66. The predicted octanol–water partition coefficient (Wildman–Crippen LogP) is 2.10. The molecular formula is C13H19NO2. The maximum atomic E-state index is 11.5. The van der Waals surface area contributed by atoms with E-state index in [0.29, 0.717) is 6.54 Å². The van der Waals surface area contributed by atoms with Crippen LogP contribution >= 0.6 is 0 Å². The summed E-state index contributed by atoms with van der Waals surface area (Å²) in [5.41, 5.74) is 1.11. The first-order valence-electron chi connectivity index (χ1n) is 5.69. The lowest BCUT2D eigenvalue weighted by Gasteiger charge is -2.09. The van der Waals surface area contributed by atoms with Crippen molar-refractivity contribution in [3.05, 3.63) is 29.8 Å². The molecule has 1 rings (SSSR count). The van der Waals surface area contributed by atoms with E-state index in [2.05, 4.69) is 5.32 Å². The van der Waals surface area contributed by atoms with Gasteiger partial charge in [-0.3, -0.25) is 4.79 Å². The summed E-state index contributed by atoms with van der Waals surface area (Å²) < 4.78 is 0. The largest absolute Gasteiger partial charge is 0.508 e. The fourth-order valence-electron chi connectivity index (χ4n) is 1.35. The van der Waals surface area contributed by atoms with E-state index in [4.69, 9.17) is 5.11 Å². The van der Waals surface area contributed by atoms with Crippen LogP contribution in [0.4, 0.5) is 0 Å². The fraction of sp³-hybridized carbons (Fsp3) is 0.462. The molecule has 2 N–H and O–H groups in total. The number of carbonyl (C=O) groups is 1. The number of nitrogens with one attached hydrogen (secondary N) is 1. The number of phenolic OH excluding ortho intramolecular Hbond substituents is 1. The Hall–Kier alpha value is -1.51. The lowest BCUT2D eigenvalue weighted by Crippen LogP contribution is -2.30. The van der Waals surface area contributed by atoms with E-state index in [1.54, 1.807) is 12.1 Å². The lowest BCUT2D eigenvalue weighted by atomic mass is 10.1. The maximum absolute atomic E-state index is 11.5. The summed E-state index contributed by atoms with van der Waals surface area (Å²) in [7, 11) is 0. The summed E-state index contributed by atoms with van der Waals surface area (Å²) in [5.74, 6) is 0.466. The third kappa shape index (κ3) is 3.93. The standard InChI is InChI=1S/C13H19NO2/c1-3-10(2)13(16)14-9-8-11-4-6-12(15)7-5-11/h4-7,10,15H,3,8-9H2,1-2H3,(H,14,16). The van der Waals surface area contributed by atoms with Crippen molar-refractivity contribution in [2.24, 2.45) is 5.92 Å². The Morgan fingerprint density at radius 3 is 2.56 bits per heavy atom. The van der Waals surface area contributed by atoms with E-state index in [1.807, 2.05) is 26.0 Å². The first-order valence-corrected chi connectivity index (χ1v) is 5.69. The first kappa shape index (κ1) is 12.6. The van der Waals surface area contributed by atoms with Gasteiger partial charge in [0.2, 0.25) is 5.91 Å². The number of hydrogen-bond donors (Lipinski definition) is 2. The van der Waals surface area contributed by atoms with Crippen LogP contribution in [0.3, 0.4) is 0 Å². The third-order valence-electron chi connectivity index (χ3n) is 2.71. The van der Waals surface area contributed by atoms with Crippen LogP contribution in [-0.4, -0.2) is 17.6 Å². The van der Waals surface area contributed by atoms with Crippen LogP contribution in [0.1, 0.15) is 25.8 Å². The minimum Gasteiger partial charge on any atom is -0.508 e. The Labute approximate surface area is 96.5 Å². The Kier molecular flexibility index (Phi) is 4.83. The van der Waals surface area contributed by atoms with Gasteiger partial charge in [0.1, 0.15) is 5.75 Å². The topological polar surface area (TPSA) is 49.3 Å². The van der Waals surface area contributed by atoms with Crippen molar-refractivity contribution in [2.45, 2.75) is 26.7 Å². The van der Waals surface area contributed by atoms with Crippen LogP contribution < -0.4 is 5.32 Å². The highest BCUT2D eigenvalue weighted by Gasteiger charge is 2.08. The summed E-state index contributed by atoms with van der Waals surface area (Å²) in [5, 5.41) is 12.0. The molecule has 1 aromatic rings. The van der Waals surface area contributed by atoms with E-state index >= 15 is 0 Å². The van der Waals surface area contributed by atoms with Gasteiger partial charge in [-0.1, -0.05) is 26.0 Å². The molecular weight excluding hydrogens is 202 g/mol. The minimum absolute atomic E-state index is 0.0832. The average Bonchev–Trinajstić information content (AvgIpc) is 2.30. The number of rotatable bonds is 5. The van der Waals surface area contributed by atoms with Crippen LogP contribution in [0.25, 0.3) is 0 Å². The van der Waals surface area contributed by atoms with Crippen molar-refractivity contribution < 1.29 is 9.90 Å². The quantitative estimate of drug-likeness (QED) is 0.800. The second-order valence-electron chi connectivity index (χ2n) is 4.02. The highest BCUT2D eigenvalue weighted by Crippen LogP contribution is 2.09. The Bertz CT molecular complexity index is 332. The second kappa shape index (κ2) is 6.16. The molecule has 0 heterocycles. The van der Waals surface area contributed by atoms with Crippen LogP contribution in [0.15, 0.2) is 24.3 Å². The molecule has 0 saturated carbocycles. The Balaban J connectivity index is 2.30. The van der Waals surface area contributed by atoms with E-state index in [0.717, 1.165) is 18.4 Å². The SMILES string of the molecule is CCC(C)C(=O)NCCc1ccc(O)cc1. The average molecular weight is 221 g/mol. The van der Waals surface area contributed by atoms with E-state index in [9.17, 15) is 4.79 Å². The van der Waals surface area contributed by atoms with Gasteiger partial charge in [-0.15, -0.1) is 0 Å². The zero-order valence-corrected chi connectivity index (χ0v) is 9.86. The molecule has 0 aromatic heterocycles. The Morgan fingerprint density at radius 2 is 2.00 bits per heavy atom. The van der Waals surface area contributed by atoms with E-state index in [-0.39, 0.29) is 17.6 Å². The second-order valence-corrected chi connectivity index (χ2v) is 4.02. The molecule has 1 atom stereocenters. The van der Waals surface area contributed by atoms with E-state index < -0.39 is 0 Å². The molecule has 0 fully saturated rings. The summed E-state index contributed by atoms with van der Waals surface area (Å²) in [6, 6.07) is 7.05. The maximum Gasteiger partial charge on any atom is 0.222 e. The molecule has 3 heteroatoms. The number of carbonyl (C=O) groups excluding carboxylic acids is 1. The molecule has 1 amide bonds. The molecule has 0 spiro atoms. The van der Waals surface area contributed by atoms with Crippen molar-refractivity contribution in [3.8, 4) is 5.75 Å². The van der Waals surface area contributed by atoms with Crippen molar-refractivity contribution in [1.29, 1.82) is 0 Å². The number of phenols is 1. The van der Waals surface area contributed by atoms with Gasteiger partial charge < -0.3 is 10.4 Å². The van der Waals surface area contributed by atoms with Crippen LogP contribution in [0.5, 0.6) is 5.75 Å². The van der Waals surface area contributed by atoms with Gasteiger partial charge in [-0.2, -0.15) is 0 Å². The summed E-state index contributed by atoms with van der Waals surface area (Å²) >= 11 is 0. The fourth-order valence-corrected chi connectivity index (χ4v) is 1.35. The number of amides is 1. The molecule has 0 aliphatic heterocycles. The minimum atomic E-state index is 0.0832. The zero-order valence-electron chi connectivity index (χ0n) is 9.86. The predicted molar refractivity (Wildman–Crippen MR) is 64.3 cm³/mol. The molecule has 0 bridgehead atoms. The van der Waals surface area contributed by atoms with Crippen molar-refractivity contribution >= 4 is 5.91 Å². The van der Waals surface area contributed by atoms with Gasteiger partial charge in [-0.25, -0.2) is 0 Å². The van der Waals surface area contributed by atoms with Gasteiger partial charge in [0, 0.05) is 12.5 Å². The van der Waals surface area contributed by atoms with Crippen molar-refractivity contribution in [2.75, 3.05) is 6.54 Å². The van der Waals surface area contributed by atoms with Gasteiger partial charge >= 0.3 is 0 Å². The zero-order chi connectivity index (χ0) is 12.0. The Morgan fingerprint density at radius 1 is 1.38 bits per heavy atom. The highest BCUT2D eigenvalue weighted by atomic mass is 16.3. The molecule has 88 valence electrons. The molecule has 0 saturated heterocycles. The van der Waals surface area contributed by atoms with Gasteiger partial charge in [0.25, 0.3) is 0 Å². The van der Waals surface area contributed by atoms with Crippen LogP contribution in [0, 0.1) is 5.92 Å². The number of aromatic hydroxyl groups is 1. The lowest BCUT2D eigenvalue weighted by molar-refractivity contribution is -0.124. The normalized spacial score (nSPS) is 12.1. The molecule has 3 nitrogen and oxygen atoms in total. The molecule has 0 radical (unpaired) electrons. The molecule has 0 aliphatic rings. The van der Waals surface area contributed by atoms with Crippen molar-refractivity contribution in [3.63, 3.8) is 0 Å². The monoisotopic (exact) mass is 221 g/mol. The van der Waals surface area contributed by atoms with Gasteiger partial charge in [0.05, 0.1) is 0 Å².